The van der Waals surface area contributed by atoms with Crippen LogP contribution in [-0.4, -0.2) is 53.3 Å². The number of carboxylic acids is 2. The van der Waals surface area contributed by atoms with E-state index in [4.69, 9.17) is 36.1 Å². The number of carboxylic acid groups (broad SMARTS) is 2. The van der Waals surface area contributed by atoms with Gasteiger partial charge in [0.1, 0.15) is 5.75 Å². The second kappa shape index (κ2) is 13.0. The predicted octanol–water partition coefficient (Wildman–Crippen LogP) is 3.56. The van der Waals surface area contributed by atoms with Gasteiger partial charge in [-0.15, -0.1) is 13.2 Å². The number of benzene rings is 1. The first-order valence-corrected chi connectivity index (χ1v) is 8.41. The van der Waals surface area contributed by atoms with E-state index in [9.17, 15) is 0 Å². The largest absolute Gasteiger partial charge is 0.493 e. The highest BCUT2D eigenvalue weighted by Gasteiger charge is 2.06. The lowest BCUT2D eigenvalue weighted by atomic mass is 10.1. The summed E-state index contributed by atoms with van der Waals surface area (Å²) in [5, 5.41) is 15.6. The molecule has 2 N–H and O–H groups in total. The lowest BCUT2D eigenvalue weighted by molar-refractivity contribution is -0.159. The van der Waals surface area contributed by atoms with Gasteiger partial charge >= 0.3 is 11.9 Å². The molecular weight excluding hydrogens is 358 g/mol. The molecule has 0 amide bonds. The fourth-order valence-electron chi connectivity index (χ4n) is 2.01. The lowest BCUT2D eigenvalue weighted by Gasteiger charge is -2.19. The minimum absolute atomic E-state index is 0.701. The fourth-order valence-corrected chi connectivity index (χ4v) is 2.22. The van der Waals surface area contributed by atoms with Crippen LogP contribution in [0, 0.1) is 13.8 Å². The first-order valence-electron chi connectivity index (χ1n) is 8.03. The maximum atomic E-state index is 9.10. The number of ether oxygens (including phenoxy) is 1. The fraction of sp³-hybridized carbons (Fsp3) is 0.368. The summed E-state index contributed by atoms with van der Waals surface area (Å²) in [4.78, 5) is 20.5. The van der Waals surface area contributed by atoms with E-state index in [0.29, 0.717) is 6.61 Å². The molecule has 0 atom stereocenters. The third-order valence-corrected chi connectivity index (χ3v) is 3.91. The summed E-state index contributed by atoms with van der Waals surface area (Å²) in [6.07, 6.45) is 4.80. The number of hydrogen-bond donors (Lipinski definition) is 2. The van der Waals surface area contributed by atoms with Crippen molar-refractivity contribution in [3.63, 3.8) is 0 Å². The van der Waals surface area contributed by atoms with Crippen LogP contribution in [0.3, 0.4) is 0 Å². The Hall–Kier alpha value is -2.31. The van der Waals surface area contributed by atoms with Gasteiger partial charge in [-0.25, -0.2) is 9.59 Å². The van der Waals surface area contributed by atoms with Crippen LogP contribution in [0.2, 0.25) is 5.02 Å². The minimum atomic E-state index is -1.82. The smallest absolute Gasteiger partial charge is 0.414 e. The first-order chi connectivity index (χ1) is 12.2. The summed E-state index contributed by atoms with van der Waals surface area (Å²) in [6, 6.07) is 3.83. The molecule has 1 aromatic carbocycles. The zero-order valence-electron chi connectivity index (χ0n) is 15.2. The zero-order chi connectivity index (χ0) is 20.1. The third kappa shape index (κ3) is 9.25. The molecule has 26 heavy (non-hydrogen) atoms. The molecule has 6 nitrogen and oxygen atoms in total. The van der Waals surface area contributed by atoms with Gasteiger partial charge in [0.15, 0.2) is 0 Å². The molecule has 0 radical (unpaired) electrons. The van der Waals surface area contributed by atoms with Crippen LogP contribution in [-0.2, 0) is 9.59 Å². The topological polar surface area (TPSA) is 87.1 Å². The number of rotatable bonds is 9. The van der Waals surface area contributed by atoms with Crippen molar-refractivity contribution in [1.29, 1.82) is 0 Å². The molecular formula is C19H26ClNO5. The van der Waals surface area contributed by atoms with Gasteiger partial charge in [0.25, 0.3) is 0 Å². The SMILES string of the molecule is C=CCN(CC=C)CCCOc1ccc(Cl)c(C)c1C.O=C(O)C(=O)O. The van der Waals surface area contributed by atoms with E-state index >= 15 is 0 Å². The van der Waals surface area contributed by atoms with Crippen molar-refractivity contribution in [2.45, 2.75) is 20.3 Å². The number of halogens is 1. The van der Waals surface area contributed by atoms with Crippen LogP contribution in [0.5, 0.6) is 5.75 Å². The Balaban J connectivity index is 0.000000896. The molecule has 0 aromatic heterocycles. The Kier molecular flexibility index (Phi) is 11.8. The molecule has 0 heterocycles. The lowest BCUT2D eigenvalue weighted by Crippen LogP contribution is -2.26. The van der Waals surface area contributed by atoms with Gasteiger partial charge < -0.3 is 14.9 Å². The van der Waals surface area contributed by atoms with E-state index in [1.54, 1.807) is 0 Å². The molecule has 0 aliphatic heterocycles. The van der Waals surface area contributed by atoms with Crippen LogP contribution < -0.4 is 4.74 Å². The molecule has 144 valence electrons. The first kappa shape index (κ1) is 23.7. The second-order valence-electron chi connectivity index (χ2n) is 5.44. The standard InChI is InChI=1S/C17H24ClNO.C2H2O4/c1-5-10-19(11-6-2)12-7-13-20-17-9-8-16(18)14(3)15(17)4;3-1(4)2(5)6/h5-6,8-9H,1-2,7,10-13H2,3-4H3;(H,3,4)(H,5,6). The van der Waals surface area contributed by atoms with Crippen LogP contribution in [0.1, 0.15) is 17.5 Å². The average Bonchev–Trinajstić information content (AvgIpc) is 2.59. The van der Waals surface area contributed by atoms with E-state index < -0.39 is 11.9 Å². The van der Waals surface area contributed by atoms with E-state index in [0.717, 1.165) is 48.0 Å². The van der Waals surface area contributed by atoms with Crippen molar-refractivity contribution in [2.75, 3.05) is 26.2 Å². The summed E-state index contributed by atoms with van der Waals surface area (Å²) in [7, 11) is 0. The third-order valence-electron chi connectivity index (χ3n) is 3.51. The summed E-state index contributed by atoms with van der Waals surface area (Å²) in [5.41, 5.74) is 2.20. The van der Waals surface area contributed by atoms with Gasteiger partial charge in [-0.2, -0.15) is 0 Å². The molecule has 0 unspecified atom stereocenters. The number of hydrogen-bond acceptors (Lipinski definition) is 4. The average molecular weight is 384 g/mol. The Labute approximate surface area is 159 Å². The number of carbonyl (C=O) groups is 2. The summed E-state index contributed by atoms with van der Waals surface area (Å²) in [6.45, 7) is 15.0. The van der Waals surface area contributed by atoms with Gasteiger partial charge in [-0.1, -0.05) is 23.8 Å². The maximum Gasteiger partial charge on any atom is 0.414 e. The van der Waals surface area contributed by atoms with Crippen molar-refractivity contribution < 1.29 is 24.5 Å². The summed E-state index contributed by atoms with van der Waals surface area (Å²) < 4.78 is 5.84. The van der Waals surface area contributed by atoms with E-state index in [2.05, 4.69) is 18.1 Å². The highest BCUT2D eigenvalue weighted by atomic mass is 35.5. The van der Waals surface area contributed by atoms with Gasteiger partial charge in [0.2, 0.25) is 0 Å². The van der Waals surface area contributed by atoms with Crippen LogP contribution in [0.25, 0.3) is 0 Å². The molecule has 1 aromatic rings. The van der Waals surface area contributed by atoms with Crippen molar-refractivity contribution in [3.05, 3.63) is 53.6 Å². The highest BCUT2D eigenvalue weighted by molar-refractivity contribution is 6.31. The highest BCUT2D eigenvalue weighted by Crippen LogP contribution is 2.27. The normalized spacial score (nSPS) is 9.85. The predicted molar refractivity (Wildman–Crippen MR) is 103 cm³/mol. The summed E-state index contributed by atoms with van der Waals surface area (Å²) >= 11 is 6.08. The van der Waals surface area contributed by atoms with E-state index in [-0.39, 0.29) is 0 Å². The molecule has 0 saturated heterocycles. The minimum Gasteiger partial charge on any atom is -0.493 e. The molecule has 0 aliphatic rings. The molecule has 0 spiro atoms. The van der Waals surface area contributed by atoms with Crippen molar-refractivity contribution in [1.82, 2.24) is 4.90 Å². The molecule has 0 saturated carbocycles. The maximum absolute atomic E-state index is 9.10. The Morgan fingerprint density at radius 2 is 1.65 bits per heavy atom. The quantitative estimate of drug-likeness (QED) is 0.385. The summed E-state index contributed by atoms with van der Waals surface area (Å²) in [5.74, 6) is -2.73. The van der Waals surface area contributed by atoms with Crippen LogP contribution >= 0.6 is 11.6 Å². The van der Waals surface area contributed by atoms with E-state index in [1.165, 1.54) is 0 Å². The van der Waals surface area contributed by atoms with Gasteiger partial charge in [-0.05, 0) is 43.5 Å². The van der Waals surface area contributed by atoms with Crippen LogP contribution in [0.15, 0.2) is 37.4 Å². The zero-order valence-corrected chi connectivity index (χ0v) is 16.0. The van der Waals surface area contributed by atoms with Crippen molar-refractivity contribution in [2.24, 2.45) is 0 Å². The van der Waals surface area contributed by atoms with Gasteiger partial charge in [-0.3, -0.25) is 4.90 Å². The molecule has 0 aliphatic carbocycles. The van der Waals surface area contributed by atoms with E-state index in [1.807, 2.05) is 38.1 Å². The Morgan fingerprint density at radius 1 is 1.12 bits per heavy atom. The second-order valence-corrected chi connectivity index (χ2v) is 5.85. The molecule has 0 bridgehead atoms. The molecule has 0 fully saturated rings. The Bertz CT molecular complexity index is 609. The van der Waals surface area contributed by atoms with Crippen molar-refractivity contribution >= 4 is 23.5 Å². The molecule has 7 heteroatoms. The van der Waals surface area contributed by atoms with Gasteiger partial charge in [0.05, 0.1) is 6.61 Å². The number of nitrogens with zero attached hydrogens (tertiary/aromatic N) is 1. The Morgan fingerprint density at radius 3 is 2.12 bits per heavy atom. The van der Waals surface area contributed by atoms with Gasteiger partial charge in [0, 0.05) is 24.7 Å². The monoisotopic (exact) mass is 383 g/mol. The van der Waals surface area contributed by atoms with Crippen LogP contribution in [0.4, 0.5) is 0 Å². The van der Waals surface area contributed by atoms with Crippen molar-refractivity contribution in [3.8, 4) is 5.75 Å². The molecule has 1 rings (SSSR count). The number of aliphatic carboxylic acids is 2.